The summed E-state index contributed by atoms with van der Waals surface area (Å²) in [4.78, 5) is 10.0. The fraction of sp³-hybridized carbons (Fsp3) is 0.605. The van der Waals surface area contributed by atoms with E-state index in [1.54, 1.807) is 6.07 Å². The van der Waals surface area contributed by atoms with Gasteiger partial charge in [-0.15, -0.1) is 4.72 Å². The standard InChI is InChI=1S/C38H62N6O3SSi/c1-13-23-38(45,43-48(46)36(5,6)7)34-19-16-18-33(42-34)29(4)44(40-26-28(3)32(14-2)30-21-24-39-25-22-30)35-20-15-17-31(41-35)27-47-49(11,12)37(8,9)10/h14-20,26,29-30,39,43,45H,2,13,21-25,27H2,1,3-12H3/b32-28-,40-26-/t29?,38?,48-/m1/s1. The quantitative estimate of drug-likeness (QED) is 0.0425. The van der Waals surface area contributed by atoms with Gasteiger partial charge in [0.15, 0.2) is 14.0 Å². The van der Waals surface area contributed by atoms with Gasteiger partial charge in [0.2, 0.25) is 0 Å². The summed E-state index contributed by atoms with van der Waals surface area (Å²) < 4.78 is 22.1. The molecule has 1 aliphatic rings. The first kappa shape index (κ1) is 41.0. The molecule has 0 spiro atoms. The molecule has 2 unspecified atom stereocenters. The van der Waals surface area contributed by atoms with Gasteiger partial charge < -0.3 is 19.4 Å². The molecule has 1 saturated heterocycles. The zero-order valence-electron chi connectivity index (χ0n) is 31.9. The van der Waals surface area contributed by atoms with Gasteiger partial charge in [-0.1, -0.05) is 58.9 Å². The van der Waals surface area contributed by atoms with E-state index in [1.165, 1.54) is 5.57 Å². The Balaban J connectivity index is 2.07. The molecule has 0 radical (unpaired) electrons. The topological polar surface area (TPSA) is 118 Å². The minimum absolute atomic E-state index is 0.0846. The Kier molecular flexibility index (Phi) is 14.4. The molecule has 3 rings (SSSR count). The van der Waals surface area contributed by atoms with Crippen LogP contribution in [0, 0.1) is 5.92 Å². The second-order valence-electron chi connectivity index (χ2n) is 15.7. The van der Waals surface area contributed by atoms with Gasteiger partial charge in [0.05, 0.1) is 35.9 Å². The maximum atomic E-state index is 13.1. The third kappa shape index (κ3) is 11.1. The van der Waals surface area contributed by atoms with Crippen molar-refractivity contribution in [2.75, 3.05) is 18.1 Å². The smallest absolute Gasteiger partial charge is 0.200 e. The molecule has 0 aromatic carbocycles. The molecule has 2 aromatic heterocycles. The Morgan fingerprint density at radius 2 is 1.82 bits per heavy atom. The van der Waals surface area contributed by atoms with E-state index in [0.29, 0.717) is 42.6 Å². The van der Waals surface area contributed by atoms with Crippen molar-refractivity contribution in [3.63, 3.8) is 0 Å². The summed E-state index contributed by atoms with van der Waals surface area (Å²) in [7, 11) is -1.99. The second-order valence-corrected chi connectivity index (χ2v) is 22.5. The van der Waals surface area contributed by atoms with Crippen LogP contribution in [-0.4, -0.2) is 52.0 Å². The highest BCUT2D eigenvalue weighted by Gasteiger charge is 2.40. The number of aromatic nitrogens is 2. The molecule has 0 aliphatic carbocycles. The number of pyridine rings is 2. The first-order chi connectivity index (χ1) is 22.8. The number of allylic oxidation sites excluding steroid dienone is 3. The highest BCUT2D eigenvalue weighted by molar-refractivity contribution is 7.90. The van der Waals surface area contributed by atoms with E-state index in [-0.39, 0.29) is 11.1 Å². The van der Waals surface area contributed by atoms with Crippen molar-refractivity contribution >= 4 is 31.7 Å². The molecule has 9 nitrogen and oxygen atoms in total. The van der Waals surface area contributed by atoms with Gasteiger partial charge in [0, 0.05) is 11.4 Å². The molecule has 49 heavy (non-hydrogen) atoms. The lowest BCUT2D eigenvalue weighted by Gasteiger charge is -2.36. The van der Waals surface area contributed by atoms with E-state index < -0.39 is 30.2 Å². The van der Waals surface area contributed by atoms with Crippen molar-refractivity contribution in [2.24, 2.45) is 11.0 Å². The van der Waals surface area contributed by atoms with Gasteiger partial charge in [-0.25, -0.2) is 9.99 Å². The minimum atomic E-state index is -1.99. The van der Waals surface area contributed by atoms with Crippen LogP contribution in [0.1, 0.15) is 111 Å². The number of hydrazone groups is 1. The second kappa shape index (κ2) is 17.2. The molecule has 0 saturated carbocycles. The average molecular weight is 711 g/mol. The largest absolute Gasteiger partial charge is 0.598 e. The lowest BCUT2D eigenvalue weighted by atomic mass is 9.87. The maximum absolute atomic E-state index is 13.1. The number of hydrogen-bond donors (Lipinski definition) is 3. The Labute approximate surface area is 300 Å². The van der Waals surface area contributed by atoms with Crippen molar-refractivity contribution in [3.8, 4) is 0 Å². The first-order valence-corrected chi connectivity index (χ1v) is 21.7. The van der Waals surface area contributed by atoms with Crippen molar-refractivity contribution < 1.29 is 14.1 Å². The molecule has 272 valence electrons. The third-order valence-electron chi connectivity index (χ3n) is 9.66. The molecule has 0 amide bonds. The Hall–Kier alpha value is -2.38. The number of nitrogens with one attached hydrogen (secondary N) is 2. The van der Waals surface area contributed by atoms with Crippen molar-refractivity contribution in [1.29, 1.82) is 0 Å². The number of aliphatic hydroxyl groups is 1. The number of nitrogens with zero attached hydrogens (tertiary/aromatic N) is 4. The van der Waals surface area contributed by atoms with E-state index in [0.717, 1.165) is 37.2 Å². The molecule has 3 N–H and O–H groups in total. The molecule has 2 aromatic rings. The summed E-state index contributed by atoms with van der Waals surface area (Å²) >= 11 is -1.51. The van der Waals surface area contributed by atoms with Gasteiger partial charge in [0.25, 0.3) is 0 Å². The lowest BCUT2D eigenvalue weighted by molar-refractivity contribution is 0.00972. The van der Waals surface area contributed by atoms with Crippen molar-refractivity contribution in [2.45, 2.75) is 129 Å². The Bertz CT molecular complexity index is 1450. The Morgan fingerprint density at radius 3 is 2.41 bits per heavy atom. The van der Waals surface area contributed by atoms with Crippen LogP contribution in [0.4, 0.5) is 5.82 Å². The third-order valence-corrected chi connectivity index (χ3v) is 15.8. The molecule has 0 bridgehead atoms. The van der Waals surface area contributed by atoms with Crippen LogP contribution < -0.4 is 15.0 Å². The molecular weight excluding hydrogens is 649 g/mol. The predicted octanol–water partition coefficient (Wildman–Crippen LogP) is 8.05. The highest BCUT2D eigenvalue weighted by Crippen LogP contribution is 2.37. The van der Waals surface area contributed by atoms with Gasteiger partial charge in [-0.3, -0.25) is 4.98 Å². The van der Waals surface area contributed by atoms with Gasteiger partial charge >= 0.3 is 0 Å². The van der Waals surface area contributed by atoms with E-state index in [4.69, 9.17) is 19.5 Å². The van der Waals surface area contributed by atoms with Crippen LogP contribution in [0.2, 0.25) is 18.1 Å². The average Bonchev–Trinajstić information content (AvgIpc) is 3.04. The van der Waals surface area contributed by atoms with Crippen LogP contribution in [0.5, 0.6) is 0 Å². The van der Waals surface area contributed by atoms with Crippen molar-refractivity contribution in [3.05, 3.63) is 77.3 Å². The molecule has 3 atom stereocenters. The maximum Gasteiger partial charge on any atom is 0.200 e. The molecule has 1 fully saturated rings. The lowest BCUT2D eigenvalue weighted by Crippen LogP contribution is -2.52. The zero-order chi connectivity index (χ0) is 36.6. The summed E-state index contributed by atoms with van der Waals surface area (Å²) in [6.07, 6.45) is 7.03. The van der Waals surface area contributed by atoms with E-state index in [1.807, 2.05) is 82.3 Å². The van der Waals surface area contributed by atoms with Gasteiger partial charge in [0.1, 0.15) is 10.6 Å². The van der Waals surface area contributed by atoms with Gasteiger partial charge in [-0.05, 0) is 126 Å². The summed E-state index contributed by atoms with van der Waals surface area (Å²) in [5, 5.41) is 22.3. The van der Waals surface area contributed by atoms with Crippen LogP contribution >= 0.6 is 0 Å². The Morgan fingerprint density at radius 1 is 1.16 bits per heavy atom. The van der Waals surface area contributed by atoms with E-state index in [9.17, 15) is 9.66 Å². The van der Waals surface area contributed by atoms with Crippen LogP contribution in [0.25, 0.3) is 0 Å². The summed E-state index contributed by atoms with van der Waals surface area (Å²) in [5.41, 5.74) is 2.65. The molecule has 1 aliphatic heterocycles. The predicted molar refractivity (Wildman–Crippen MR) is 208 cm³/mol. The number of anilines is 1. The van der Waals surface area contributed by atoms with E-state index in [2.05, 4.69) is 57.4 Å². The van der Waals surface area contributed by atoms with Crippen LogP contribution in [0.15, 0.2) is 65.3 Å². The van der Waals surface area contributed by atoms with Gasteiger partial charge in [-0.2, -0.15) is 5.10 Å². The summed E-state index contributed by atoms with van der Waals surface area (Å²) in [6, 6.07) is 11.2. The fourth-order valence-electron chi connectivity index (χ4n) is 5.45. The fourth-order valence-corrected chi connectivity index (χ4v) is 7.21. The SMILES string of the molecule is C=C/C(=C(C)/C=N\N(c1cccc(CO[Si](C)(C)C(C)(C)C)n1)C(C)c1cccc(C(O)(CCC)N[S@+]([O-])C(C)(C)C)n1)C1CCNCC1. The monoisotopic (exact) mass is 710 g/mol. The normalized spacial score (nSPS) is 18.1. The highest BCUT2D eigenvalue weighted by atomic mass is 32.2. The summed E-state index contributed by atoms with van der Waals surface area (Å²) in [6.45, 7) is 29.5. The molecule has 11 heteroatoms. The number of hydrogen-bond acceptors (Lipinski definition) is 9. The van der Waals surface area contributed by atoms with Crippen LogP contribution in [-0.2, 0) is 28.1 Å². The van der Waals surface area contributed by atoms with Crippen LogP contribution in [0.3, 0.4) is 0 Å². The first-order valence-electron chi connectivity index (χ1n) is 17.7. The zero-order valence-corrected chi connectivity index (χ0v) is 33.7. The van der Waals surface area contributed by atoms with Crippen molar-refractivity contribution in [1.82, 2.24) is 20.0 Å². The summed E-state index contributed by atoms with van der Waals surface area (Å²) in [5.74, 6) is 1.10. The number of rotatable bonds is 15. The van der Waals surface area contributed by atoms with E-state index >= 15 is 0 Å². The molecule has 3 heterocycles. The minimum Gasteiger partial charge on any atom is -0.598 e. The molecular formula is C38H62N6O3SSi. The number of piperidine rings is 1.